The number of halogens is 1. The molecule has 2 N–H and O–H groups in total. The average Bonchev–Trinajstić information content (AvgIpc) is 2.99. The summed E-state index contributed by atoms with van der Waals surface area (Å²) >= 11 is 5.95. The first kappa shape index (κ1) is 17.5. The Labute approximate surface area is 154 Å². The van der Waals surface area contributed by atoms with E-state index in [0.29, 0.717) is 11.1 Å². The molecule has 0 saturated carbocycles. The summed E-state index contributed by atoms with van der Waals surface area (Å²) in [6, 6.07) is 15.1. The minimum atomic E-state index is -1.55. The van der Waals surface area contributed by atoms with Crippen molar-refractivity contribution in [3.05, 3.63) is 83.2 Å². The normalized spacial score (nSPS) is 12.0. The highest BCUT2D eigenvalue weighted by Crippen LogP contribution is 2.26. The van der Waals surface area contributed by atoms with E-state index < -0.39 is 17.5 Å². The minimum Gasteiger partial charge on any atom is -0.502 e. The van der Waals surface area contributed by atoms with Crippen molar-refractivity contribution < 1.29 is 19.8 Å². The lowest BCUT2D eigenvalue weighted by atomic mass is 10.1. The molecule has 0 aliphatic heterocycles. The van der Waals surface area contributed by atoms with Crippen LogP contribution in [0.3, 0.4) is 0 Å². The zero-order valence-corrected chi connectivity index (χ0v) is 14.2. The molecule has 130 valence electrons. The summed E-state index contributed by atoms with van der Waals surface area (Å²) in [5, 5.41) is 19.3. The number of aromatic nitrogens is 1. The Balaban J connectivity index is 2.01. The summed E-state index contributed by atoms with van der Waals surface area (Å²) in [6.45, 7) is 0. The van der Waals surface area contributed by atoms with Gasteiger partial charge in [0, 0.05) is 33.9 Å². The van der Waals surface area contributed by atoms with Crippen LogP contribution in [0.1, 0.15) is 5.56 Å². The summed E-state index contributed by atoms with van der Waals surface area (Å²) in [7, 11) is 0. The van der Waals surface area contributed by atoms with Crippen LogP contribution in [-0.2, 0) is 9.59 Å². The number of para-hydroxylation sites is 1. The molecule has 26 heavy (non-hydrogen) atoms. The third kappa shape index (κ3) is 3.68. The van der Waals surface area contributed by atoms with Gasteiger partial charge >= 0.3 is 5.97 Å². The van der Waals surface area contributed by atoms with Crippen molar-refractivity contribution in [3.8, 4) is 5.69 Å². The molecule has 2 aromatic carbocycles. The first-order valence-corrected chi connectivity index (χ1v) is 8.05. The molecule has 3 rings (SSSR count). The lowest BCUT2D eigenvalue weighted by Crippen LogP contribution is -2.01. The maximum absolute atomic E-state index is 11.8. The van der Waals surface area contributed by atoms with Gasteiger partial charge in [-0.05, 0) is 42.5 Å². The quantitative estimate of drug-likeness (QED) is 0.517. The monoisotopic (exact) mass is 367 g/mol. The molecule has 0 aliphatic rings. The number of aliphatic hydroxyl groups is 1. The molecule has 0 saturated heterocycles. The Kier molecular flexibility index (Phi) is 4.91. The number of nitrogens with zero attached hydrogens (tertiary/aromatic N) is 1. The van der Waals surface area contributed by atoms with E-state index in [0.717, 1.165) is 22.2 Å². The van der Waals surface area contributed by atoms with Gasteiger partial charge in [0.1, 0.15) is 0 Å². The maximum atomic E-state index is 11.8. The zero-order chi connectivity index (χ0) is 18.7. The number of carboxylic acids is 1. The van der Waals surface area contributed by atoms with Gasteiger partial charge in [0.2, 0.25) is 5.76 Å². The first-order chi connectivity index (χ1) is 12.5. The molecule has 0 unspecified atom stereocenters. The Morgan fingerprint density at radius 1 is 1.00 bits per heavy atom. The van der Waals surface area contributed by atoms with E-state index in [2.05, 4.69) is 0 Å². The fourth-order valence-electron chi connectivity index (χ4n) is 2.57. The fourth-order valence-corrected chi connectivity index (χ4v) is 2.70. The second-order valence-electron chi connectivity index (χ2n) is 5.52. The maximum Gasteiger partial charge on any atom is 0.371 e. The van der Waals surface area contributed by atoms with Gasteiger partial charge in [-0.3, -0.25) is 4.79 Å². The SMILES string of the molecule is O=C(/C=C(\O)C(=O)O)/C=C/c1cn(-c2ccc(Cl)cc2)c2ccccc12. The number of aliphatic hydroxyl groups excluding tert-OH is 1. The smallest absolute Gasteiger partial charge is 0.371 e. The molecule has 0 aliphatic carbocycles. The number of fused-ring (bicyclic) bond motifs is 1. The molecule has 6 heteroatoms. The Hall–Kier alpha value is -3.31. The molecule has 1 heterocycles. The molecule has 3 aromatic rings. The zero-order valence-electron chi connectivity index (χ0n) is 13.5. The standard InChI is InChI=1S/C20H14ClNO4/c21-14-6-8-15(9-7-14)22-12-13(17-3-1-2-4-18(17)22)5-10-16(23)11-19(24)20(25)26/h1-12,24H,(H,25,26)/b10-5+,19-11-. The average molecular weight is 368 g/mol. The molecule has 0 atom stereocenters. The molecule has 1 aromatic heterocycles. The van der Waals surface area contributed by atoms with Gasteiger partial charge < -0.3 is 14.8 Å². The third-order valence-corrected chi connectivity index (χ3v) is 4.02. The molecule has 0 amide bonds. The van der Waals surface area contributed by atoms with Crippen LogP contribution < -0.4 is 0 Å². The first-order valence-electron chi connectivity index (χ1n) is 7.68. The summed E-state index contributed by atoms with van der Waals surface area (Å²) in [4.78, 5) is 22.3. The molecular weight excluding hydrogens is 354 g/mol. The second-order valence-corrected chi connectivity index (χ2v) is 5.95. The number of rotatable bonds is 5. The van der Waals surface area contributed by atoms with Crippen LogP contribution in [0.4, 0.5) is 0 Å². The van der Waals surface area contributed by atoms with Crippen LogP contribution in [0.5, 0.6) is 0 Å². The lowest BCUT2D eigenvalue weighted by molar-refractivity contribution is -0.135. The highest BCUT2D eigenvalue weighted by Gasteiger charge is 2.09. The molecule has 0 bridgehead atoms. The summed E-state index contributed by atoms with van der Waals surface area (Å²) in [5.74, 6) is -3.16. The van der Waals surface area contributed by atoms with Gasteiger partial charge in [0.05, 0.1) is 5.52 Å². The predicted molar refractivity (Wildman–Crippen MR) is 101 cm³/mol. The number of carbonyl (C=O) groups is 2. The van der Waals surface area contributed by atoms with Crippen molar-refractivity contribution in [3.63, 3.8) is 0 Å². The van der Waals surface area contributed by atoms with Crippen molar-refractivity contribution in [1.82, 2.24) is 4.57 Å². The van der Waals surface area contributed by atoms with Gasteiger partial charge in [-0.25, -0.2) is 4.79 Å². The summed E-state index contributed by atoms with van der Waals surface area (Å²) < 4.78 is 1.97. The molecule has 0 spiro atoms. The fraction of sp³-hybridized carbons (Fsp3) is 0. The molecule has 0 fully saturated rings. The largest absolute Gasteiger partial charge is 0.502 e. The van der Waals surface area contributed by atoms with Gasteiger partial charge in [-0.1, -0.05) is 29.8 Å². The summed E-state index contributed by atoms with van der Waals surface area (Å²) in [5.41, 5.74) is 2.65. The van der Waals surface area contributed by atoms with Gasteiger partial charge in [0.25, 0.3) is 0 Å². The number of carbonyl (C=O) groups excluding carboxylic acids is 1. The predicted octanol–water partition coefficient (Wildman–Crippen LogP) is 4.39. The van der Waals surface area contributed by atoms with Crippen molar-refractivity contribution in [1.29, 1.82) is 0 Å². The Morgan fingerprint density at radius 2 is 1.69 bits per heavy atom. The van der Waals surface area contributed by atoms with Gasteiger partial charge in [-0.15, -0.1) is 0 Å². The van der Waals surface area contributed by atoms with Crippen LogP contribution in [0.25, 0.3) is 22.7 Å². The van der Waals surface area contributed by atoms with Crippen molar-refractivity contribution >= 4 is 40.3 Å². The number of ketones is 1. The van der Waals surface area contributed by atoms with E-state index >= 15 is 0 Å². The van der Waals surface area contributed by atoms with Crippen LogP contribution >= 0.6 is 11.6 Å². The second kappa shape index (κ2) is 7.29. The number of carboxylic acid groups (broad SMARTS) is 1. The highest BCUT2D eigenvalue weighted by atomic mass is 35.5. The van der Waals surface area contributed by atoms with Crippen LogP contribution in [0.2, 0.25) is 5.02 Å². The van der Waals surface area contributed by atoms with E-state index in [1.807, 2.05) is 47.2 Å². The Morgan fingerprint density at radius 3 is 2.38 bits per heavy atom. The van der Waals surface area contributed by atoms with E-state index in [4.69, 9.17) is 21.8 Å². The van der Waals surface area contributed by atoms with E-state index in [1.54, 1.807) is 18.2 Å². The summed E-state index contributed by atoms with van der Waals surface area (Å²) in [6.07, 6.45) is 5.34. The number of hydrogen-bond donors (Lipinski definition) is 2. The van der Waals surface area contributed by atoms with Crippen molar-refractivity contribution in [2.24, 2.45) is 0 Å². The molecule has 5 nitrogen and oxygen atoms in total. The number of allylic oxidation sites excluding steroid dienone is 2. The highest BCUT2D eigenvalue weighted by molar-refractivity contribution is 6.30. The van der Waals surface area contributed by atoms with Crippen molar-refractivity contribution in [2.75, 3.05) is 0 Å². The third-order valence-electron chi connectivity index (χ3n) is 3.77. The Bertz CT molecular complexity index is 1050. The number of hydrogen-bond acceptors (Lipinski definition) is 3. The molecular formula is C20H14ClNO4. The molecule has 0 radical (unpaired) electrons. The van der Waals surface area contributed by atoms with E-state index in [1.165, 1.54) is 6.08 Å². The number of benzene rings is 2. The van der Waals surface area contributed by atoms with Gasteiger partial charge in [-0.2, -0.15) is 0 Å². The van der Waals surface area contributed by atoms with Crippen LogP contribution in [0.15, 0.2) is 72.6 Å². The van der Waals surface area contributed by atoms with E-state index in [9.17, 15) is 9.59 Å². The lowest BCUT2D eigenvalue weighted by Gasteiger charge is -2.04. The van der Waals surface area contributed by atoms with Crippen LogP contribution in [0, 0.1) is 0 Å². The number of aliphatic carboxylic acids is 1. The topological polar surface area (TPSA) is 79.5 Å². The minimum absolute atomic E-state index is 0.617. The van der Waals surface area contributed by atoms with E-state index in [-0.39, 0.29) is 0 Å². The van der Waals surface area contributed by atoms with Crippen molar-refractivity contribution in [2.45, 2.75) is 0 Å². The van der Waals surface area contributed by atoms with Crippen LogP contribution in [-0.4, -0.2) is 26.5 Å². The van der Waals surface area contributed by atoms with Gasteiger partial charge in [0.15, 0.2) is 5.78 Å².